The van der Waals surface area contributed by atoms with Crippen molar-refractivity contribution in [1.82, 2.24) is 0 Å². The number of halogens is 1. The number of hydrogen-bond donors (Lipinski definition) is 0. The molecular formula is C8H11ClO2. The lowest BCUT2D eigenvalue weighted by molar-refractivity contribution is -0.146. The summed E-state index contributed by atoms with van der Waals surface area (Å²) in [5.74, 6) is -0.254. The van der Waals surface area contributed by atoms with Gasteiger partial charge in [0.1, 0.15) is 6.10 Å². The van der Waals surface area contributed by atoms with Gasteiger partial charge >= 0.3 is 5.97 Å². The number of esters is 1. The molecule has 2 nitrogen and oxygen atoms in total. The first-order valence-corrected chi connectivity index (χ1v) is 4.12. The highest BCUT2D eigenvalue weighted by atomic mass is 35.5. The SMILES string of the molecule is CC(=O)O[C@@H]1CCC=C[C@@H]1Cl. The lowest BCUT2D eigenvalue weighted by Gasteiger charge is -2.22. The lowest BCUT2D eigenvalue weighted by Crippen LogP contribution is -2.27. The second kappa shape index (κ2) is 3.77. The summed E-state index contributed by atoms with van der Waals surface area (Å²) in [5, 5.41) is -0.146. The van der Waals surface area contributed by atoms with Gasteiger partial charge in [0.25, 0.3) is 0 Å². The molecule has 0 saturated heterocycles. The van der Waals surface area contributed by atoms with Crippen LogP contribution in [0.1, 0.15) is 19.8 Å². The van der Waals surface area contributed by atoms with E-state index in [0.717, 1.165) is 12.8 Å². The van der Waals surface area contributed by atoms with Crippen molar-refractivity contribution in [3.8, 4) is 0 Å². The van der Waals surface area contributed by atoms with E-state index in [2.05, 4.69) is 0 Å². The molecule has 3 heteroatoms. The van der Waals surface area contributed by atoms with Crippen LogP contribution in [0.2, 0.25) is 0 Å². The molecule has 1 aliphatic carbocycles. The summed E-state index contributed by atoms with van der Waals surface area (Å²) >= 11 is 5.86. The second-order valence-electron chi connectivity index (χ2n) is 2.60. The Kier molecular flexibility index (Phi) is 2.94. The van der Waals surface area contributed by atoms with Crippen LogP contribution in [0.25, 0.3) is 0 Å². The van der Waals surface area contributed by atoms with Gasteiger partial charge in [0.2, 0.25) is 0 Å². The van der Waals surface area contributed by atoms with Crippen molar-refractivity contribution >= 4 is 17.6 Å². The number of carbonyl (C=O) groups excluding carboxylic acids is 1. The van der Waals surface area contributed by atoms with Gasteiger partial charge in [-0.1, -0.05) is 12.2 Å². The van der Waals surface area contributed by atoms with E-state index in [1.165, 1.54) is 6.92 Å². The first kappa shape index (κ1) is 8.60. The first-order valence-electron chi connectivity index (χ1n) is 3.68. The normalized spacial score (nSPS) is 30.0. The predicted octanol–water partition coefficient (Wildman–Crippen LogP) is 1.88. The Balaban J connectivity index is 2.45. The maximum atomic E-state index is 10.6. The summed E-state index contributed by atoms with van der Waals surface area (Å²) < 4.78 is 4.98. The molecule has 0 bridgehead atoms. The third kappa shape index (κ3) is 2.54. The van der Waals surface area contributed by atoms with E-state index >= 15 is 0 Å². The summed E-state index contributed by atoms with van der Waals surface area (Å²) in [6.45, 7) is 1.40. The van der Waals surface area contributed by atoms with Crippen molar-refractivity contribution in [2.45, 2.75) is 31.2 Å². The number of carbonyl (C=O) groups is 1. The van der Waals surface area contributed by atoms with Gasteiger partial charge in [-0.3, -0.25) is 4.79 Å². The molecule has 0 heterocycles. The fourth-order valence-corrected chi connectivity index (χ4v) is 1.39. The Morgan fingerprint density at radius 2 is 2.45 bits per heavy atom. The Morgan fingerprint density at radius 3 is 3.00 bits per heavy atom. The third-order valence-electron chi connectivity index (χ3n) is 1.61. The van der Waals surface area contributed by atoms with Crippen molar-refractivity contribution in [3.05, 3.63) is 12.2 Å². The molecule has 0 radical (unpaired) electrons. The number of hydrogen-bond acceptors (Lipinski definition) is 2. The van der Waals surface area contributed by atoms with Crippen molar-refractivity contribution < 1.29 is 9.53 Å². The minimum atomic E-state index is -0.254. The number of rotatable bonds is 1. The Bertz CT molecular complexity index is 177. The van der Waals surface area contributed by atoms with Gasteiger partial charge < -0.3 is 4.74 Å². The monoisotopic (exact) mass is 174 g/mol. The van der Waals surface area contributed by atoms with Crippen molar-refractivity contribution in [2.24, 2.45) is 0 Å². The van der Waals surface area contributed by atoms with Crippen LogP contribution in [0.3, 0.4) is 0 Å². The Hall–Kier alpha value is -0.500. The van der Waals surface area contributed by atoms with E-state index in [9.17, 15) is 4.79 Å². The molecule has 0 saturated carbocycles. The molecule has 0 amide bonds. The molecule has 0 N–H and O–H groups in total. The molecule has 0 aromatic heterocycles. The average Bonchev–Trinajstić information content (AvgIpc) is 1.93. The molecule has 0 unspecified atom stereocenters. The van der Waals surface area contributed by atoms with E-state index in [1.807, 2.05) is 12.2 Å². The van der Waals surface area contributed by atoms with Crippen molar-refractivity contribution in [3.63, 3.8) is 0 Å². The highest BCUT2D eigenvalue weighted by molar-refractivity contribution is 6.22. The van der Waals surface area contributed by atoms with E-state index in [-0.39, 0.29) is 17.5 Å². The molecule has 0 aromatic rings. The summed E-state index contributed by atoms with van der Waals surface area (Å²) in [5.41, 5.74) is 0. The Morgan fingerprint density at radius 1 is 1.73 bits per heavy atom. The zero-order valence-electron chi connectivity index (χ0n) is 6.42. The summed E-state index contributed by atoms with van der Waals surface area (Å²) in [4.78, 5) is 10.6. The minimum absolute atomic E-state index is 0.126. The first-order chi connectivity index (χ1) is 5.20. The summed E-state index contributed by atoms with van der Waals surface area (Å²) in [6, 6.07) is 0. The van der Waals surface area contributed by atoms with Gasteiger partial charge in [-0.05, 0) is 12.8 Å². The highest BCUT2D eigenvalue weighted by Crippen LogP contribution is 2.19. The molecule has 1 rings (SSSR count). The molecule has 62 valence electrons. The lowest BCUT2D eigenvalue weighted by atomic mass is 10.0. The van der Waals surface area contributed by atoms with E-state index < -0.39 is 0 Å². The van der Waals surface area contributed by atoms with E-state index in [0.29, 0.717) is 0 Å². The molecule has 0 aliphatic heterocycles. The van der Waals surface area contributed by atoms with Crippen LogP contribution in [-0.2, 0) is 9.53 Å². The smallest absolute Gasteiger partial charge is 0.302 e. The molecule has 0 fully saturated rings. The van der Waals surface area contributed by atoms with Crippen LogP contribution in [0.15, 0.2) is 12.2 Å². The molecule has 0 aromatic carbocycles. The van der Waals surface area contributed by atoms with E-state index in [4.69, 9.17) is 16.3 Å². The molecule has 11 heavy (non-hydrogen) atoms. The van der Waals surface area contributed by atoms with Gasteiger partial charge in [-0.2, -0.15) is 0 Å². The second-order valence-corrected chi connectivity index (χ2v) is 3.10. The quantitative estimate of drug-likeness (QED) is 0.345. The number of allylic oxidation sites excluding steroid dienone is 1. The fraction of sp³-hybridized carbons (Fsp3) is 0.625. The van der Waals surface area contributed by atoms with Crippen LogP contribution >= 0.6 is 11.6 Å². The summed E-state index contributed by atoms with van der Waals surface area (Å²) in [6.07, 6.45) is 5.54. The zero-order valence-corrected chi connectivity index (χ0v) is 7.17. The van der Waals surface area contributed by atoms with Crippen LogP contribution in [0, 0.1) is 0 Å². The topological polar surface area (TPSA) is 26.3 Å². The van der Waals surface area contributed by atoms with Gasteiger partial charge in [0.05, 0.1) is 5.38 Å². The van der Waals surface area contributed by atoms with Crippen LogP contribution in [0.4, 0.5) is 0 Å². The highest BCUT2D eigenvalue weighted by Gasteiger charge is 2.21. The van der Waals surface area contributed by atoms with Crippen LogP contribution < -0.4 is 0 Å². The summed E-state index contributed by atoms with van der Waals surface area (Å²) in [7, 11) is 0. The molecule has 0 spiro atoms. The Labute approximate surface area is 71.2 Å². The molecule has 2 atom stereocenters. The number of alkyl halides is 1. The van der Waals surface area contributed by atoms with Gasteiger partial charge in [0.15, 0.2) is 0 Å². The fourth-order valence-electron chi connectivity index (χ4n) is 1.11. The van der Waals surface area contributed by atoms with Gasteiger partial charge in [0, 0.05) is 6.92 Å². The average molecular weight is 175 g/mol. The van der Waals surface area contributed by atoms with Gasteiger partial charge in [-0.25, -0.2) is 0 Å². The van der Waals surface area contributed by atoms with Crippen molar-refractivity contribution in [1.29, 1.82) is 0 Å². The third-order valence-corrected chi connectivity index (χ3v) is 2.04. The van der Waals surface area contributed by atoms with E-state index in [1.54, 1.807) is 0 Å². The molecular weight excluding hydrogens is 164 g/mol. The van der Waals surface area contributed by atoms with Crippen LogP contribution in [-0.4, -0.2) is 17.5 Å². The molecule has 1 aliphatic rings. The van der Waals surface area contributed by atoms with Crippen LogP contribution in [0.5, 0.6) is 0 Å². The maximum absolute atomic E-state index is 10.6. The van der Waals surface area contributed by atoms with Gasteiger partial charge in [-0.15, -0.1) is 11.6 Å². The number of ether oxygens (including phenoxy) is 1. The minimum Gasteiger partial charge on any atom is -0.461 e. The zero-order chi connectivity index (χ0) is 8.27. The predicted molar refractivity (Wildman–Crippen MR) is 43.6 cm³/mol. The standard InChI is InChI=1S/C8H11ClO2/c1-6(10)11-8-5-3-2-4-7(8)9/h2,4,7-8H,3,5H2,1H3/t7-,8+/m0/s1. The van der Waals surface area contributed by atoms with Crippen molar-refractivity contribution in [2.75, 3.05) is 0 Å². The maximum Gasteiger partial charge on any atom is 0.302 e. The largest absolute Gasteiger partial charge is 0.461 e.